The van der Waals surface area contributed by atoms with Gasteiger partial charge in [-0.2, -0.15) is 13.2 Å². The van der Waals surface area contributed by atoms with Gasteiger partial charge in [-0.1, -0.05) is 12.1 Å². The predicted octanol–water partition coefficient (Wildman–Crippen LogP) is 2.04. The van der Waals surface area contributed by atoms with Crippen LogP contribution in [0, 0.1) is 6.92 Å². The molecule has 1 unspecified atom stereocenters. The van der Waals surface area contributed by atoms with Gasteiger partial charge in [0.2, 0.25) is 0 Å². The number of hydrogen-bond acceptors (Lipinski definition) is 3. The number of phenols is 1. The summed E-state index contributed by atoms with van der Waals surface area (Å²) in [5, 5.41) is 20.5. The molecule has 1 aromatic carbocycles. The first-order chi connectivity index (χ1) is 7.32. The summed E-state index contributed by atoms with van der Waals surface area (Å²) in [6, 6.07) is 4.58. The summed E-state index contributed by atoms with van der Waals surface area (Å²) in [4.78, 5) is 0. The third-order valence-corrected chi connectivity index (χ3v) is 2.10. The number of aliphatic hydroxyl groups is 1. The summed E-state index contributed by atoms with van der Waals surface area (Å²) in [6.07, 6.45) is -7.11. The number of hydrogen-bond donors (Lipinski definition) is 3. The molecule has 16 heavy (non-hydrogen) atoms. The predicted molar refractivity (Wildman–Crippen MR) is 53.4 cm³/mol. The highest BCUT2D eigenvalue weighted by Gasteiger charge is 2.37. The third-order valence-electron chi connectivity index (χ3n) is 2.10. The Hall–Kier alpha value is -1.43. The first kappa shape index (κ1) is 12.6. The fourth-order valence-electron chi connectivity index (χ4n) is 1.20. The standard InChI is InChI=1S/C10H12F3NO2/c1-6-3-2-4-7(15)9(6)14-5-8(16)10(11,12)13/h2-4,8,14-16H,5H2,1H3. The number of anilines is 1. The van der Waals surface area contributed by atoms with E-state index in [2.05, 4.69) is 5.32 Å². The van der Waals surface area contributed by atoms with E-state index in [1.165, 1.54) is 6.07 Å². The highest BCUT2D eigenvalue weighted by molar-refractivity contribution is 5.60. The van der Waals surface area contributed by atoms with Gasteiger partial charge in [0.25, 0.3) is 0 Å². The van der Waals surface area contributed by atoms with Crippen LogP contribution in [0.3, 0.4) is 0 Å². The van der Waals surface area contributed by atoms with Crippen LogP contribution in [-0.4, -0.2) is 29.0 Å². The molecule has 0 heterocycles. The van der Waals surface area contributed by atoms with Crippen LogP contribution in [0.2, 0.25) is 0 Å². The van der Waals surface area contributed by atoms with E-state index in [0.29, 0.717) is 5.56 Å². The molecule has 3 nitrogen and oxygen atoms in total. The number of halogens is 3. The van der Waals surface area contributed by atoms with Gasteiger partial charge in [-0.3, -0.25) is 0 Å². The van der Waals surface area contributed by atoms with Crippen molar-refractivity contribution in [3.63, 3.8) is 0 Å². The molecule has 0 aliphatic heterocycles. The van der Waals surface area contributed by atoms with E-state index in [9.17, 15) is 18.3 Å². The maximum absolute atomic E-state index is 12.0. The summed E-state index contributed by atoms with van der Waals surface area (Å²) in [7, 11) is 0. The normalized spacial score (nSPS) is 13.6. The number of rotatable bonds is 3. The molecule has 3 N–H and O–H groups in total. The smallest absolute Gasteiger partial charge is 0.416 e. The average Bonchev–Trinajstić information content (AvgIpc) is 2.15. The van der Waals surface area contributed by atoms with E-state index in [1.807, 2.05) is 0 Å². The zero-order valence-electron chi connectivity index (χ0n) is 8.54. The minimum absolute atomic E-state index is 0.144. The summed E-state index contributed by atoms with van der Waals surface area (Å²) < 4.78 is 36.0. The molecular formula is C10H12F3NO2. The van der Waals surface area contributed by atoms with E-state index < -0.39 is 18.8 Å². The van der Waals surface area contributed by atoms with Crippen LogP contribution in [0.4, 0.5) is 18.9 Å². The van der Waals surface area contributed by atoms with Gasteiger partial charge in [0, 0.05) is 6.54 Å². The van der Waals surface area contributed by atoms with E-state index in [4.69, 9.17) is 5.11 Å². The minimum atomic E-state index is -4.66. The van der Waals surface area contributed by atoms with Crippen LogP contribution in [0.5, 0.6) is 5.75 Å². The third kappa shape index (κ3) is 3.03. The second kappa shape index (κ2) is 4.61. The molecule has 1 rings (SSSR count). The molecule has 0 radical (unpaired) electrons. The van der Waals surface area contributed by atoms with Crippen LogP contribution in [0.1, 0.15) is 5.56 Å². The molecule has 0 saturated heterocycles. The zero-order valence-corrected chi connectivity index (χ0v) is 8.54. The van der Waals surface area contributed by atoms with E-state index in [-0.39, 0.29) is 11.4 Å². The molecule has 0 saturated carbocycles. The summed E-state index contributed by atoms with van der Waals surface area (Å²) >= 11 is 0. The fourth-order valence-corrected chi connectivity index (χ4v) is 1.20. The lowest BCUT2D eigenvalue weighted by molar-refractivity contribution is -0.198. The number of aryl methyl sites for hydroxylation is 1. The molecule has 90 valence electrons. The Morgan fingerprint density at radius 2 is 2.00 bits per heavy atom. The molecule has 0 spiro atoms. The second-order valence-electron chi connectivity index (χ2n) is 3.41. The van der Waals surface area contributed by atoms with Gasteiger partial charge in [0.1, 0.15) is 5.75 Å². The first-order valence-corrected chi connectivity index (χ1v) is 4.59. The molecule has 1 aromatic rings. The van der Waals surface area contributed by atoms with Crippen LogP contribution in [-0.2, 0) is 0 Å². The van der Waals surface area contributed by atoms with Crippen molar-refractivity contribution in [1.82, 2.24) is 0 Å². The topological polar surface area (TPSA) is 52.5 Å². The second-order valence-corrected chi connectivity index (χ2v) is 3.41. The van der Waals surface area contributed by atoms with Crippen molar-refractivity contribution in [3.05, 3.63) is 23.8 Å². The van der Waals surface area contributed by atoms with Crippen molar-refractivity contribution in [1.29, 1.82) is 0 Å². The largest absolute Gasteiger partial charge is 0.506 e. The Morgan fingerprint density at radius 1 is 1.38 bits per heavy atom. The van der Waals surface area contributed by atoms with E-state index >= 15 is 0 Å². The summed E-state index contributed by atoms with van der Waals surface area (Å²) in [5.41, 5.74) is 0.806. The highest BCUT2D eigenvalue weighted by Crippen LogP contribution is 2.27. The average molecular weight is 235 g/mol. The number of alkyl halides is 3. The van der Waals surface area contributed by atoms with Gasteiger partial charge in [-0.15, -0.1) is 0 Å². The minimum Gasteiger partial charge on any atom is -0.506 e. The molecule has 0 aliphatic rings. The Balaban J connectivity index is 2.69. The van der Waals surface area contributed by atoms with Crippen molar-refractivity contribution < 1.29 is 23.4 Å². The SMILES string of the molecule is Cc1cccc(O)c1NCC(O)C(F)(F)F. The van der Waals surface area contributed by atoms with Crippen molar-refractivity contribution in [2.45, 2.75) is 19.2 Å². The molecule has 0 aliphatic carbocycles. The molecule has 0 fully saturated rings. The van der Waals surface area contributed by atoms with Gasteiger partial charge in [0.05, 0.1) is 5.69 Å². The number of benzene rings is 1. The maximum atomic E-state index is 12.0. The van der Waals surface area contributed by atoms with Crippen LogP contribution >= 0.6 is 0 Å². The first-order valence-electron chi connectivity index (χ1n) is 4.59. The molecule has 1 atom stereocenters. The van der Waals surface area contributed by atoms with Crippen molar-refractivity contribution >= 4 is 5.69 Å². The number of nitrogens with one attached hydrogen (secondary N) is 1. The number of aliphatic hydroxyl groups excluding tert-OH is 1. The Kier molecular flexibility index (Phi) is 3.64. The lowest BCUT2D eigenvalue weighted by Crippen LogP contribution is -2.35. The van der Waals surface area contributed by atoms with Gasteiger partial charge in [-0.05, 0) is 18.6 Å². The van der Waals surface area contributed by atoms with Gasteiger partial charge >= 0.3 is 6.18 Å². The van der Waals surface area contributed by atoms with E-state index in [0.717, 1.165) is 0 Å². The summed E-state index contributed by atoms with van der Waals surface area (Å²) in [6.45, 7) is 0.948. The maximum Gasteiger partial charge on any atom is 0.416 e. The Morgan fingerprint density at radius 3 is 2.50 bits per heavy atom. The fraction of sp³-hybridized carbons (Fsp3) is 0.400. The monoisotopic (exact) mass is 235 g/mol. The van der Waals surface area contributed by atoms with Gasteiger partial charge in [0.15, 0.2) is 6.10 Å². The van der Waals surface area contributed by atoms with E-state index in [1.54, 1.807) is 19.1 Å². The lowest BCUT2D eigenvalue weighted by atomic mass is 10.2. The van der Waals surface area contributed by atoms with Crippen molar-refractivity contribution in [3.8, 4) is 5.75 Å². The molecule has 0 aromatic heterocycles. The zero-order chi connectivity index (χ0) is 12.3. The summed E-state index contributed by atoms with van der Waals surface area (Å²) in [5.74, 6) is -0.144. The van der Waals surface area contributed by atoms with Crippen LogP contribution in [0.25, 0.3) is 0 Å². The number of para-hydroxylation sites is 1. The van der Waals surface area contributed by atoms with Gasteiger partial charge < -0.3 is 15.5 Å². The van der Waals surface area contributed by atoms with Crippen LogP contribution in [0.15, 0.2) is 18.2 Å². The molecule has 0 bridgehead atoms. The quantitative estimate of drug-likeness (QED) is 0.703. The molecular weight excluding hydrogens is 223 g/mol. The molecule has 0 amide bonds. The van der Waals surface area contributed by atoms with Gasteiger partial charge in [-0.25, -0.2) is 0 Å². The number of aromatic hydroxyl groups is 1. The number of phenolic OH excluding ortho intramolecular Hbond substituents is 1. The lowest BCUT2D eigenvalue weighted by Gasteiger charge is -2.17. The Labute approximate surface area is 90.5 Å². The van der Waals surface area contributed by atoms with Crippen molar-refractivity contribution in [2.24, 2.45) is 0 Å². The highest BCUT2D eigenvalue weighted by atomic mass is 19.4. The van der Waals surface area contributed by atoms with Crippen LogP contribution < -0.4 is 5.32 Å². The van der Waals surface area contributed by atoms with Crippen molar-refractivity contribution in [2.75, 3.05) is 11.9 Å². The molecule has 6 heteroatoms. The Bertz CT molecular complexity index is 345.